The smallest absolute Gasteiger partial charge is 0.350 e. The molecule has 0 saturated heterocycles. The number of aromatic nitrogens is 1. The summed E-state index contributed by atoms with van der Waals surface area (Å²) in [6, 6.07) is 5.42. The van der Waals surface area contributed by atoms with Crippen LogP contribution in [0.15, 0.2) is 23.2 Å². The molecule has 166 valence electrons. The molecule has 2 N–H and O–H groups in total. The number of rotatable bonds is 8. The van der Waals surface area contributed by atoms with Crippen LogP contribution in [0.3, 0.4) is 0 Å². The summed E-state index contributed by atoms with van der Waals surface area (Å²) in [5, 5.41) is 7.98. The second-order valence-corrected chi connectivity index (χ2v) is 7.63. The molecule has 0 aliphatic rings. The van der Waals surface area contributed by atoms with Gasteiger partial charge in [0.25, 0.3) is 0 Å². The van der Waals surface area contributed by atoms with Crippen LogP contribution >= 0.6 is 46.9 Å². The molecule has 2 rings (SSSR count). The molecule has 7 nitrogen and oxygen atoms in total. The molecule has 0 radical (unpaired) electrons. The van der Waals surface area contributed by atoms with Crippen LogP contribution in [0.1, 0.15) is 52.7 Å². The lowest BCUT2D eigenvalue weighted by molar-refractivity contribution is 0.0531. The van der Waals surface area contributed by atoms with Crippen LogP contribution in [-0.4, -0.2) is 37.2 Å². The maximum atomic E-state index is 12.0. The molecule has 0 fully saturated rings. The molecule has 30 heavy (non-hydrogen) atoms. The van der Waals surface area contributed by atoms with Crippen molar-refractivity contribution in [2.45, 2.75) is 40.3 Å². The zero-order chi connectivity index (χ0) is 21.4. The molecule has 1 unspecified atom stereocenters. The third-order valence-electron chi connectivity index (χ3n) is 4.00. The van der Waals surface area contributed by atoms with Crippen molar-refractivity contribution in [1.82, 2.24) is 15.6 Å². The molecule has 1 heterocycles. The van der Waals surface area contributed by atoms with Gasteiger partial charge in [-0.15, -0.1) is 35.3 Å². The summed E-state index contributed by atoms with van der Waals surface area (Å²) in [4.78, 5) is 21.3. The number of thiazole rings is 1. The van der Waals surface area contributed by atoms with Gasteiger partial charge in [0, 0.05) is 24.2 Å². The minimum atomic E-state index is -0.338. The Morgan fingerprint density at radius 3 is 2.70 bits per heavy atom. The van der Waals surface area contributed by atoms with E-state index in [0.29, 0.717) is 41.3 Å². The average Bonchev–Trinajstić information content (AvgIpc) is 3.08. The van der Waals surface area contributed by atoms with Crippen LogP contribution in [0.25, 0.3) is 0 Å². The molecule has 0 aliphatic heterocycles. The molecule has 10 heteroatoms. The lowest BCUT2D eigenvalue weighted by atomic mass is 10.2. The minimum Gasteiger partial charge on any atom is -0.493 e. The number of aryl methyl sites for hydroxylation is 1. The molecule has 1 aromatic carbocycles. The first kappa shape index (κ1) is 26.4. The molecule has 1 aromatic heterocycles. The van der Waals surface area contributed by atoms with Gasteiger partial charge in [-0.05, 0) is 39.8 Å². The fraction of sp³-hybridized carbons (Fsp3) is 0.450. The number of hydrogen-bond acceptors (Lipinski definition) is 6. The number of halogens is 2. The van der Waals surface area contributed by atoms with E-state index in [-0.39, 0.29) is 36.0 Å². The number of aliphatic imine (C=N–C) groups is 1. The highest BCUT2D eigenvalue weighted by molar-refractivity contribution is 14.0. The highest BCUT2D eigenvalue weighted by Gasteiger charge is 2.20. The second-order valence-electron chi connectivity index (χ2n) is 6.16. The van der Waals surface area contributed by atoms with Crippen molar-refractivity contribution >= 4 is 58.8 Å². The fourth-order valence-electron chi connectivity index (χ4n) is 2.59. The van der Waals surface area contributed by atoms with Gasteiger partial charge in [0.1, 0.15) is 15.6 Å². The summed E-state index contributed by atoms with van der Waals surface area (Å²) in [6.07, 6.45) is 0. The van der Waals surface area contributed by atoms with Crippen LogP contribution in [-0.2, 0) is 11.3 Å². The van der Waals surface area contributed by atoms with Crippen LogP contribution in [0.2, 0.25) is 5.02 Å². The summed E-state index contributed by atoms with van der Waals surface area (Å²) < 4.78 is 10.7. The van der Waals surface area contributed by atoms with Crippen molar-refractivity contribution < 1.29 is 14.3 Å². The van der Waals surface area contributed by atoms with E-state index in [1.54, 1.807) is 20.0 Å². The third-order valence-corrected chi connectivity index (χ3v) is 5.55. The third kappa shape index (κ3) is 7.28. The van der Waals surface area contributed by atoms with Gasteiger partial charge >= 0.3 is 5.97 Å². The number of ether oxygens (including phenoxy) is 2. The highest BCUT2D eigenvalue weighted by Crippen LogP contribution is 2.25. The Morgan fingerprint density at radius 1 is 1.33 bits per heavy atom. The lowest BCUT2D eigenvalue weighted by Gasteiger charge is -2.17. The first-order chi connectivity index (χ1) is 13.9. The molecule has 1 atom stereocenters. The number of benzene rings is 1. The fourth-order valence-corrected chi connectivity index (χ4v) is 3.72. The number of hydrogen-bond donors (Lipinski definition) is 2. The average molecular weight is 567 g/mol. The summed E-state index contributed by atoms with van der Waals surface area (Å²) in [7, 11) is 1.70. The molecule has 0 amide bonds. The zero-order valence-electron chi connectivity index (χ0n) is 17.7. The van der Waals surface area contributed by atoms with Crippen LogP contribution in [0.4, 0.5) is 0 Å². The van der Waals surface area contributed by atoms with E-state index in [1.807, 2.05) is 32.9 Å². The maximum absolute atomic E-state index is 12.0. The van der Waals surface area contributed by atoms with Crippen molar-refractivity contribution in [3.63, 3.8) is 0 Å². The van der Waals surface area contributed by atoms with Gasteiger partial charge in [-0.2, -0.15) is 0 Å². The van der Waals surface area contributed by atoms with Crippen LogP contribution in [0, 0.1) is 6.92 Å². The lowest BCUT2D eigenvalue weighted by Crippen LogP contribution is -2.38. The van der Waals surface area contributed by atoms with Crippen molar-refractivity contribution in [3.05, 3.63) is 44.4 Å². The van der Waals surface area contributed by atoms with Crippen molar-refractivity contribution in [2.24, 2.45) is 4.99 Å². The Bertz CT molecular complexity index is 876. The summed E-state index contributed by atoms with van der Waals surface area (Å²) in [5.74, 6) is 1.01. The maximum Gasteiger partial charge on any atom is 0.350 e. The monoisotopic (exact) mass is 566 g/mol. The van der Waals surface area contributed by atoms with Gasteiger partial charge in [-0.1, -0.05) is 17.7 Å². The van der Waals surface area contributed by atoms with Crippen LogP contribution in [0.5, 0.6) is 5.75 Å². The Hall–Kier alpha value is -1.59. The standard InChI is InChI=1S/C20H27ClN4O3S.HI/c1-6-27-16-10-15(21)9-8-14(16)11-23-20(22-5)25-13(4)18-24-12(3)17(29-18)19(26)28-7-2;/h8-10,13H,6-7,11H2,1-5H3,(H2,22,23,25);1H. The Balaban J connectivity index is 0.00000450. The Kier molecular flexibility index (Phi) is 11.4. The predicted molar refractivity (Wildman–Crippen MR) is 133 cm³/mol. The normalized spacial score (nSPS) is 12.0. The zero-order valence-corrected chi connectivity index (χ0v) is 21.6. The quantitative estimate of drug-likeness (QED) is 0.208. The van der Waals surface area contributed by atoms with Crippen molar-refractivity contribution in [2.75, 3.05) is 20.3 Å². The molecule has 0 spiro atoms. The number of nitrogens with zero attached hydrogens (tertiary/aromatic N) is 2. The van der Waals surface area contributed by atoms with E-state index in [2.05, 4.69) is 20.6 Å². The molecular formula is C20H28ClIN4O3S. The van der Waals surface area contributed by atoms with Gasteiger partial charge in [0.15, 0.2) is 5.96 Å². The van der Waals surface area contributed by atoms with Crippen LogP contribution < -0.4 is 15.4 Å². The number of esters is 1. The van der Waals surface area contributed by atoms with Gasteiger partial charge in [-0.3, -0.25) is 4.99 Å². The van der Waals surface area contributed by atoms with Gasteiger partial charge in [0.2, 0.25) is 0 Å². The molecule has 2 aromatic rings. The molecule has 0 aliphatic carbocycles. The Morgan fingerprint density at radius 2 is 2.07 bits per heavy atom. The second kappa shape index (κ2) is 13.0. The molecule has 0 saturated carbocycles. The minimum absolute atomic E-state index is 0. The predicted octanol–water partition coefficient (Wildman–Crippen LogP) is 4.72. The number of guanidine groups is 1. The number of carbonyl (C=O) groups is 1. The van der Waals surface area contributed by atoms with E-state index in [0.717, 1.165) is 16.3 Å². The molecular weight excluding hydrogens is 539 g/mol. The highest BCUT2D eigenvalue weighted by atomic mass is 127. The summed E-state index contributed by atoms with van der Waals surface area (Å²) >= 11 is 7.39. The van der Waals surface area contributed by atoms with E-state index < -0.39 is 0 Å². The SMILES string of the molecule is CCOC(=O)c1sc(C(C)NC(=NC)NCc2ccc(Cl)cc2OCC)nc1C.I. The van der Waals surface area contributed by atoms with Crippen molar-refractivity contribution in [1.29, 1.82) is 0 Å². The van der Waals surface area contributed by atoms with E-state index in [1.165, 1.54) is 11.3 Å². The van der Waals surface area contributed by atoms with Gasteiger partial charge in [0.05, 0.1) is 24.9 Å². The van der Waals surface area contributed by atoms with E-state index in [4.69, 9.17) is 21.1 Å². The summed E-state index contributed by atoms with van der Waals surface area (Å²) in [5.41, 5.74) is 1.64. The number of nitrogens with one attached hydrogen (secondary N) is 2. The van der Waals surface area contributed by atoms with E-state index in [9.17, 15) is 4.79 Å². The van der Waals surface area contributed by atoms with Gasteiger partial charge < -0.3 is 20.1 Å². The topological polar surface area (TPSA) is 84.8 Å². The number of carbonyl (C=O) groups excluding carboxylic acids is 1. The summed E-state index contributed by atoms with van der Waals surface area (Å²) in [6.45, 7) is 8.90. The van der Waals surface area contributed by atoms with Gasteiger partial charge in [-0.25, -0.2) is 9.78 Å². The molecule has 0 bridgehead atoms. The largest absolute Gasteiger partial charge is 0.493 e. The van der Waals surface area contributed by atoms with Crippen molar-refractivity contribution in [3.8, 4) is 5.75 Å². The first-order valence-electron chi connectivity index (χ1n) is 9.42. The van der Waals surface area contributed by atoms with E-state index >= 15 is 0 Å². The first-order valence-corrected chi connectivity index (χ1v) is 10.6. The Labute approximate surface area is 203 Å².